The van der Waals surface area contributed by atoms with E-state index in [9.17, 15) is 4.79 Å². The molecule has 2 aromatic heterocycles. The van der Waals surface area contributed by atoms with Crippen molar-refractivity contribution in [1.29, 1.82) is 0 Å². The zero-order valence-electron chi connectivity index (χ0n) is 15.7. The van der Waals surface area contributed by atoms with Crippen molar-refractivity contribution in [3.05, 3.63) is 34.7 Å². The summed E-state index contributed by atoms with van der Waals surface area (Å²) < 4.78 is 13.2. The predicted octanol–water partition coefficient (Wildman–Crippen LogP) is 2.67. The molecule has 0 aromatic carbocycles. The number of rotatable bonds is 6. The highest BCUT2D eigenvalue weighted by Crippen LogP contribution is 2.35. The van der Waals surface area contributed by atoms with Crippen LogP contribution in [0.3, 0.4) is 0 Å². The van der Waals surface area contributed by atoms with Gasteiger partial charge in [0.15, 0.2) is 0 Å². The molecule has 1 unspecified atom stereocenters. The van der Waals surface area contributed by atoms with Crippen molar-refractivity contribution in [2.45, 2.75) is 52.6 Å². The molecule has 1 fully saturated rings. The summed E-state index contributed by atoms with van der Waals surface area (Å²) in [4.78, 5) is 19.6. The molecule has 1 aliphatic heterocycles. The predicted molar refractivity (Wildman–Crippen MR) is 94.9 cm³/mol. The highest BCUT2D eigenvalue weighted by Gasteiger charge is 2.35. The van der Waals surface area contributed by atoms with Crippen LogP contribution in [0.15, 0.2) is 10.9 Å². The van der Waals surface area contributed by atoms with E-state index >= 15 is 0 Å². The largest absolute Gasteiger partial charge is 0.381 e. The fourth-order valence-electron chi connectivity index (χ4n) is 3.84. The van der Waals surface area contributed by atoms with Crippen molar-refractivity contribution in [3.8, 4) is 0 Å². The van der Waals surface area contributed by atoms with Gasteiger partial charge in [-0.05, 0) is 39.5 Å². The minimum absolute atomic E-state index is 0.0369. The van der Waals surface area contributed by atoms with Gasteiger partial charge in [-0.15, -0.1) is 0 Å². The van der Waals surface area contributed by atoms with Crippen LogP contribution in [0.1, 0.15) is 58.9 Å². The number of fused-ring (bicyclic) bond motifs is 1. The zero-order chi connectivity index (χ0) is 18.3. The lowest BCUT2D eigenvalue weighted by Crippen LogP contribution is -2.40. The molecular formula is C19H26N4O3. The van der Waals surface area contributed by atoms with Gasteiger partial charge in [-0.1, -0.05) is 5.16 Å². The Labute approximate surface area is 153 Å². The number of carbonyl (C=O) groups is 1. The highest BCUT2D eigenvalue weighted by molar-refractivity contribution is 5.96. The summed E-state index contributed by atoms with van der Waals surface area (Å²) >= 11 is 0. The molecule has 0 bridgehead atoms. The SMILES string of the molecule is CCOCC1CN(C(=O)c2c(C)noc2C)Cc2ncn(CC3CC3)c21. The molecule has 1 aliphatic carbocycles. The molecule has 0 spiro atoms. The summed E-state index contributed by atoms with van der Waals surface area (Å²) in [7, 11) is 0. The van der Waals surface area contributed by atoms with E-state index in [2.05, 4.69) is 14.7 Å². The Morgan fingerprint density at radius 2 is 2.19 bits per heavy atom. The molecular weight excluding hydrogens is 332 g/mol. The Morgan fingerprint density at radius 3 is 2.85 bits per heavy atom. The minimum Gasteiger partial charge on any atom is -0.381 e. The summed E-state index contributed by atoms with van der Waals surface area (Å²) in [5.41, 5.74) is 3.44. The first kappa shape index (κ1) is 17.3. The van der Waals surface area contributed by atoms with Gasteiger partial charge in [0.25, 0.3) is 5.91 Å². The van der Waals surface area contributed by atoms with Crippen molar-refractivity contribution in [2.75, 3.05) is 19.8 Å². The molecule has 0 saturated heterocycles. The maximum Gasteiger partial charge on any atom is 0.259 e. The van der Waals surface area contributed by atoms with Crippen LogP contribution in [0.2, 0.25) is 0 Å². The summed E-state index contributed by atoms with van der Waals surface area (Å²) in [6, 6.07) is 0. The summed E-state index contributed by atoms with van der Waals surface area (Å²) in [6.07, 6.45) is 4.55. The van der Waals surface area contributed by atoms with Crippen LogP contribution in [0.25, 0.3) is 0 Å². The molecule has 140 valence electrons. The standard InChI is InChI=1S/C19H26N4O3/c1-4-25-10-15-8-22(19(24)17-12(2)21-26-13(17)3)9-16-18(15)23(11-20-16)7-14-5-6-14/h11,14-15H,4-10H2,1-3H3. The van der Waals surface area contributed by atoms with Crippen LogP contribution >= 0.6 is 0 Å². The number of hydrogen-bond acceptors (Lipinski definition) is 5. The van der Waals surface area contributed by atoms with Crippen molar-refractivity contribution in [3.63, 3.8) is 0 Å². The Hall–Kier alpha value is -2.15. The molecule has 2 aromatic rings. The average Bonchev–Trinajstić information content (AvgIpc) is 3.26. The summed E-state index contributed by atoms with van der Waals surface area (Å²) in [6.45, 7) is 9.04. The van der Waals surface area contributed by atoms with E-state index in [4.69, 9.17) is 9.26 Å². The average molecular weight is 358 g/mol. The number of carbonyl (C=O) groups excluding carboxylic acids is 1. The second kappa shape index (κ2) is 6.87. The zero-order valence-corrected chi connectivity index (χ0v) is 15.7. The number of amides is 1. The first-order chi connectivity index (χ1) is 12.6. The van der Waals surface area contributed by atoms with E-state index in [1.165, 1.54) is 18.5 Å². The maximum atomic E-state index is 13.1. The fraction of sp³-hybridized carbons (Fsp3) is 0.632. The number of imidazole rings is 1. The van der Waals surface area contributed by atoms with Gasteiger partial charge in [0.05, 0.1) is 30.9 Å². The van der Waals surface area contributed by atoms with Gasteiger partial charge in [0.1, 0.15) is 11.3 Å². The summed E-state index contributed by atoms with van der Waals surface area (Å²) in [5.74, 6) is 1.46. The van der Waals surface area contributed by atoms with E-state index in [0.29, 0.717) is 43.3 Å². The smallest absolute Gasteiger partial charge is 0.259 e. The van der Waals surface area contributed by atoms with Gasteiger partial charge < -0.3 is 18.7 Å². The molecule has 26 heavy (non-hydrogen) atoms. The minimum atomic E-state index is -0.0369. The van der Waals surface area contributed by atoms with Crippen molar-refractivity contribution < 1.29 is 14.1 Å². The van der Waals surface area contributed by atoms with Crippen LogP contribution in [-0.2, 0) is 17.8 Å². The second-order valence-electron chi connectivity index (χ2n) is 7.41. The van der Waals surface area contributed by atoms with Gasteiger partial charge >= 0.3 is 0 Å². The fourth-order valence-corrected chi connectivity index (χ4v) is 3.84. The van der Waals surface area contributed by atoms with E-state index in [-0.39, 0.29) is 11.8 Å². The lowest BCUT2D eigenvalue weighted by atomic mass is 9.97. The second-order valence-corrected chi connectivity index (χ2v) is 7.41. The van der Waals surface area contributed by atoms with Crippen molar-refractivity contribution in [2.24, 2.45) is 5.92 Å². The third-order valence-electron chi connectivity index (χ3n) is 5.34. The Balaban J connectivity index is 1.61. The Bertz CT molecular complexity index is 786. The van der Waals surface area contributed by atoms with Crippen LogP contribution < -0.4 is 0 Å². The lowest BCUT2D eigenvalue weighted by molar-refractivity contribution is 0.0642. The van der Waals surface area contributed by atoms with Gasteiger partial charge in [-0.2, -0.15) is 0 Å². The highest BCUT2D eigenvalue weighted by atomic mass is 16.5. The third kappa shape index (κ3) is 3.16. The first-order valence-corrected chi connectivity index (χ1v) is 9.42. The van der Waals surface area contributed by atoms with Crippen LogP contribution in [0.4, 0.5) is 0 Å². The number of aromatic nitrogens is 3. The van der Waals surface area contributed by atoms with Gasteiger partial charge in [0.2, 0.25) is 0 Å². The van der Waals surface area contributed by atoms with E-state index < -0.39 is 0 Å². The summed E-state index contributed by atoms with van der Waals surface area (Å²) in [5, 5.41) is 3.92. The Morgan fingerprint density at radius 1 is 1.38 bits per heavy atom. The van der Waals surface area contributed by atoms with Crippen LogP contribution in [-0.4, -0.2) is 45.3 Å². The van der Waals surface area contributed by atoms with Gasteiger partial charge in [0, 0.05) is 31.3 Å². The molecule has 2 aliphatic rings. The Kier molecular flexibility index (Phi) is 4.56. The van der Waals surface area contributed by atoms with Crippen molar-refractivity contribution >= 4 is 5.91 Å². The lowest BCUT2D eigenvalue weighted by Gasteiger charge is -2.33. The third-order valence-corrected chi connectivity index (χ3v) is 5.34. The molecule has 0 N–H and O–H groups in total. The van der Waals surface area contributed by atoms with Gasteiger partial charge in [-0.25, -0.2) is 4.98 Å². The molecule has 7 heteroatoms. The molecule has 4 rings (SSSR count). The quantitative estimate of drug-likeness (QED) is 0.794. The topological polar surface area (TPSA) is 73.4 Å². The van der Waals surface area contributed by atoms with E-state index in [1.807, 2.05) is 18.2 Å². The molecule has 0 radical (unpaired) electrons. The number of aryl methyl sites for hydroxylation is 2. The van der Waals surface area contributed by atoms with E-state index in [0.717, 1.165) is 18.2 Å². The molecule has 1 atom stereocenters. The van der Waals surface area contributed by atoms with Crippen LogP contribution in [0, 0.1) is 19.8 Å². The van der Waals surface area contributed by atoms with Crippen LogP contribution in [0.5, 0.6) is 0 Å². The molecule has 1 saturated carbocycles. The number of hydrogen-bond donors (Lipinski definition) is 0. The molecule has 1 amide bonds. The maximum absolute atomic E-state index is 13.1. The monoisotopic (exact) mass is 358 g/mol. The number of ether oxygens (including phenoxy) is 1. The number of nitrogens with zero attached hydrogens (tertiary/aromatic N) is 4. The van der Waals surface area contributed by atoms with Gasteiger partial charge in [-0.3, -0.25) is 4.79 Å². The van der Waals surface area contributed by atoms with Crippen molar-refractivity contribution in [1.82, 2.24) is 19.6 Å². The normalized spacial score (nSPS) is 19.7. The first-order valence-electron chi connectivity index (χ1n) is 9.42. The molecule has 3 heterocycles. The molecule has 7 nitrogen and oxygen atoms in total. The van der Waals surface area contributed by atoms with E-state index in [1.54, 1.807) is 13.8 Å².